The van der Waals surface area contributed by atoms with E-state index in [0.29, 0.717) is 23.8 Å². The van der Waals surface area contributed by atoms with Crippen LogP contribution in [0.3, 0.4) is 0 Å². The van der Waals surface area contributed by atoms with Crippen molar-refractivity contribution in [2.75, 3.05) is 0 Å². The van der Waals surface area contributed by atoms with Crippen molar-refractivity contribution in [2.24, 2.45) is 23.7 Å². The van der Waals surface area contributed by atoms with Gasteiger partial charge in [-0.3, -0.25) is 0 Å². The summed E-state index contributed by atoms with van der Waals surface area (Å²) in [5.74, 6) is 2.51. The molecule has 3 N–H and O–H groups in total. The van der Waals surface area contributed by atoms with E-state index in [1.54, 1.807) is 0 Å². The number of allylic oxidation sites excluding steroid dienone is 2. The number of nitrogens with one attached hydrogen (secondary N) is 2. The zero-order valence-electron chi connectivity index (χ0n) is 19.9. The molecule has 0 aliphatic heterocycles. The summed E-state index contributed by atoms with van der Waals surface area (Å²) in [5.41, 5.74) is 1.96. The van der Waals surface area contributed by atoms with E-state index in [1.165, 1.54) is 101 Å². The minimum absolute atomic E-state index is 0.431. The Morgan fingerprint density at radius 3 is 2.31 bits per heavy atom. The van der Waals surface area contributed by atoms with E-state index in [-0.39, 0.29) is 0 Å². The van der Waals surface area contributed by atoms with E-state index in [4.69, 9.17) is 12.2 Å². The molecule has 0 spiro atoms. The normalized spacial score (nSPS) is 33.3. The second-order valence-corrected chi connectivity index (χ2v) is 12.0. The second-order valence-electron chi connectivity index (χ2n) is 11.6. The summed E-state index contributed by atoms with van der Waals surface area (Å²) in [7, 11) is 0. The van der Waals surface area contributed by atoms with Crippen molar-refractivity contribution in [2.45, 2.75) is 121 Å². The highest BCUT2D eigenvalue weighted by molar-refractivity contribution is 7.80. The molecule has 0 aromatic carbocycles. The second kappa shape index (κ2) is 10.2. The number of hydrogen-bond donors (Lipinski definition) is 3. The quantitative estimate of drug-likeness (QED) is 0.314. The molecule has 3 nitrogen and oxygen atoms in total. The van der Waals surface area contributed by atoms with Crippen LogP contribution in [0.2, 0.25) is 0 Å². The summed E-state index contributed by atoms with van der Waals surface area (Å²) >= 11 is 5.82. The number of hydrogen-bond acceptors (Lipinski definition) is 2. The van der Waals surface area contributed by atoms with Crippen LogP contribution in [0.15, 0.2) is 23.4 Å². The molecule has 5 aliphatic carbocycles. The highest BCUT2D eigenvalue weighted by Gasteiger charge is 2.44. The minimum atomic E-state index is -0.629. The molecule has 2 bridgehead atoms. The zero-order valence-corrected chi connectivity index (χ0v) is 20.7. The molecule has 0 aromatic rings. The molecule has 178 valence electrons. The van der Waals surface area contributed by atoms with E-state index < -0.39 is 5.60 Å². The van der Waals surface area contributed by atoms with Gasteiger partial charge in [0.05, 0.1) is 5.60 Å². The third-order valence-electron chi connectivity index (χ3n) is 9.46. The Labute approximate surface area is 200 Å². The van der Waals surface area contributed by atoms with Gasteiger partial charge in [0.25, 0.3) is 0 Å². The summed E-state index contributed by atoms with van der Waals surface area (Å²) < 4.78 is 0. The smallest absolute Gasteiger partial charge is 0.170 e. The van der Waals surface area contributed by atoms with Crippen molar-refractivity contribution < 1.29 is 5.11 Å². The third kappa shape index (κ3) is 4.97. The Bertz CT molecular complexity index is 734. The van der Waals surface area contributed by atoms with Gasteiger partial charge in [-0.2, -0.15) is 0 Å². The molecule has 0 amide bonds. The Hall–Kier alpha value is -0.870. The van der Waals surface area contributed by atoms with Gasteiger partial charge in [0.1, 0.15) is 0 Å². The third-order valence-corrected chi connectivity index (χ3v) is 9.68. The number of thiocarbonyl (C=S) groups is 1. The van der Waals surface area contributed by atoms with Crippen LogP contribution in [0.4, 0.5) is 0 Å². The molecule has 3 saturated carbocycles. The van der Waals surface area contributed by atoms with Gasteiger partial charge < -0.3 is 15.7 Å². The molecular weight excluding hydrogens is 412 g/mol. The fourth-order valence-corrected chi connectivity index (χ4v) is 8.03. The summed E-state index contributed by atoms with van der Waals surface area (Å²) in [6.07, 6.45) is 25.7. The maximum absolute atomic E-state index is 12.5. The fourth-order valence-electron chi connectivity index (χ4n) is 7.76. The van der Waals surface area contributed by atoms with Gasteiger partial charge in [0.15, 0.2) is 5.11 Å². The van der Waals surface area contributed by atoms with Gasteiger partial charge in [0, 0.05) is 11.7 Å². The monoisotopic (exact) mass is 456 g/mol. The van der Waals surface area contributed by atoms with Crippen LogP contribution >= 0.6 is 12.2 Å². The fraction of sp³-hybridized carbons (Fsp3) is 0.821. The maximum atomic E-state index is 12.5. The van der Waals surface area contributed by atoms with E-state index >= 15 is 0 Å². The number of rotatable bonds is 6. The van der Waals surface area contributed by atoms with Gasteiger partial charge in [-0.15, -0.1) is 0 Å². The van der Waals surface area contributed by atoms with Gasteiger partial charge in [-0.25, -0.2) is 0 Å². The molecular formula is C28H44N2OS. The minimum Gasteiger partial charge on any atom is -0.385 e. The summed E-state index contributed by atoms with van der Waals surface area (Å²) in [6, 6.07) is 0.483. The molecule has 4 atom stereocenters. The molecule has 5 aliphatic rings. The van der Waals surface area contributed by atoms with Crippen LogP contribution in [-0.2, 0) is 0 Å². The van der Waals surface area contributed by atoms with Crippen LogP contribution in [0, 0.1) is 23.7 Å². The molecule has 0 saturated heterocycles. The van der Waals surface area contributed by atoms with E-state index in [0.717, 1.165) is 30.3 Å². The first kappa shape index (κ1) is 22.9. The molecule has 0 radical (unpaired) electrons. The number of aliphatic hydroxyl groups is 1. The first-order valence-corrected chi connectivity index (χ1v) is 14.2. The van der Waals surface area contributed by atoms with Crippen LogP contribution < -0.4 is 10.6 Å². The molecule has 32 heavy (non-hydrogen) atoms. The maximum Gasteiger partial charge on any atom is 0.170 e. The standard InChI is InChI=1S/C28H44N2OS/c31-28(23-11-5-2-6-12-23,19-20-9-3-1-4-10-20)24-13-7-8-14-25(24)29-27(32)30-26-18-21-15-16-22(26)17-21/h15-16,20-23,26,31H,1-14,17-19H2,(H2,29,30,32). The van der Waals surface area contributed by atoms with Crippen LogP contribution in [0.5, 0.6) is 0 Å². The average molecular weight is 457 g/mol. The Morgan fingerprint density at radius 1 is 0.906 bits per heavy atom. The highest BCUT2D eigenvalue weighted by atomic mass is 32.1. The molecule has 5 rings (SSSR count). The highest BCUT2D eigenvalue weighted by Crippen LogP contribution is 2.47. The van der Waals surface area contributed by atoms with Crippen molar-refractivity contribution in [3.63, 3.8) is 0 Å². The Balaban J connectivity index is 1.35. The molecule has 0 heterocycles. The van der Waals surface area contributed by atoms with Crippen molar-refractivity contribution in [1.82, 2.24) is 10.6 Å². The summed E-state index contributed by atoms with van der Waals surface area (Å²) in [4.78, 5) is 0. The van der Waals surface area contributed by atoms with Gasteiger partial charge in [0.2, 0.25) is 0 Å². The van der Waals surface area contributed by atoms with Gasteiger partial charge in [-0.05, 0) is 99.2 Å². The van der Waals surface area contributed by atoms with E-state index in [1.807, 2.05) is 0 Å². The summed E-state index contributed by atoms with van der Waals surface area (Å²) in [6.45, 7) is 0. The topological polar surface area (TPSA) is 44.3 Å². The summed E-state index contributed by atoms with van der Waals surface area (Å²) in [5, 5.41) is 20.6. The zero-order chi connectivity index (χ0) is 22.0. The predicted molar refractivity (Wildman–Crippen MR) is 136 cm³/mol. The lowest BCUT2D eigenvalue weighted by Gasteiger charge is -2.45. The van der Waals surface area contributed by atoms with Crippen LogP contribution in [-0.4, -0.2) is 21.9 Å². The van der Waals surface area contributed by atoms with Gasteiger partial charge >= 0.3 is 0 Å². The van der Waals surface area contributed by atoms with Crippen molar-refractivity contribution in [1.29, 1.82) is 0 Å². The predicted octanol–water partition coefficient (Wildman–Crippen LogP) is 6.53. The first-order valence-electron chi connectivity index (χ1n) is 13.8. The van der Waals surface area contributed by atoms with Crippen LogP contribution in [0.1, 0.15) is 109 Å². The number of fused-ring (bicyclic) bond motifs is 2. The van der Waals surface area contributed by atoms with Gasteiger partial charge in [-0.1, -0.05) is 63.5 Å². The molecule has 4 unspecified atom stereocenters. The van der Waals surface area contributed by atoms with Crippen molar-refractivity contribution in [3.8, 4) is 0 Å². The van der Waals surface area contributed by atoms with Crippen molar-refractivity contribution >= 4 is 17.3 Å². The van der Waals surface area contributed by atoms with E-state index in [9.17, 15) is 5.11 Å². The lowest BCUT2D eigenvalue weighted by atomic mass is 9.65. The largest absolute Gasteiger partial charge is 0.385 e. The lowest BCUT2D eigenvalue weighted by Crippen LogP contribution is -2.48. The molecule has 3 fully saturated rings. The molecule has 4 heteroatoms. The first-order chi connectivity index (χ1) is 15.6. The lowest BCUT2D eigenvalue weighted by molar-refractivity contribution is -0.0287. The SMILES string of the molecule is OC(CC1CCCCC1)(C1=C(NC(=S)NC2CC3C=CC2C3)CCCC1)C1CCCCC1. The Kier molecular flexibility index (Phi) is 7.28. The van der Waals surface area contributed by atoms with E-state index in [2.05, 4.69) is 22.8 Å². The molecule has 0 aromatic heterocycles. The Morgan fingerprint density at radius 2 is 1.62 bits per heavy atom. The average Bonchev–Trinajstić information content (AvgIpc) is 3.44. The van der Waals surface area contributed by atoms with Crippen LogP contribution in [0.25, 0.3) is 0 Å². The van der Waals surface area contributed by atoms with Crippen molar-refractivity contribution in [3.05, 3.63) is 23.4 Å².